The van der Waals surface area contributed by atoms with E-state index in [1.165, 1.54) is 25.0 Å². The molecule has 78 valence electrons. The van der Waals surface area contributed by atoms with Crippen molar-refractivity contribution in [3.8, 4) is 0 Å². The van der Waals surface area contributed by atoms with Gasteiger partial charge in [0.25, 0.3) is 0 Å². The molecule has 0 spiro atoms. The van der Waals surface area contributed by atoms with E-state index in [1.807, 2.05) is 24.8 Å². The van der Waals surface area contributed by atoms with E-state index in [0.29, 0.717) is 0 Å². The number of hydrogen-bond donors (Lipinski definition) is 1. The number of thioether (sulfide) groups is 1. The monoisotopic (exact) mass is 202 g/mol. The van der Waals surface area contributed by atoms with Gasteiger partial charge in [-0.2, -0.15) is 11.8 Å². The topological polar surface area (TPSA) is 20.2 Å². The number of aliphatic hydroxyl groups is 1. The molecule has 0 heterocycles. The number of rotatable bonds is 9. The fourth-order valence-corrected chi connectivity index (χ4v) is 1.87. The van der Waals surface area contributed by atoms with E-state index in [9.17, 15) is 5.11 Å². The Morgan fingerprint density at radius 1 is 1.38 bits per heavy atom. The summed E-state index contributed by atoms with van der Waals surface area (Å²) >= 11 is 1.94. The van der Waals surface area contributed by atoms with Gasteiger partial charge in [0.1, 0.15) is 0 Å². The maximum absolute atomic E-state index is 9.28. The zero-order chi connectivity index (χ0) is 9.94. The lowest BCUT2D eigenvalue weighted by Crippen LogP contribution is -2.03. The molecule has 2 heteroatoms. The molecule has 0 aliphatic rings. The second kappa shape index (κ2) is 10.1. The van der Waals surface area contributed by atoms with Gasteiger partial charge in [-0.1, -0.05) is 25.8 Å². The first kappa shape index (κ1) is 13.1. The van der Waals surface area contributed by atoms with E-state index >= 15 is 0 Å². The molecule has 0 saturated carbocycles. The summed E-state index contributed by atoms with van der Waals surface area (Å²) in [5.41, 5.74) is 0. The Morgan fingerprint density at radius 3 is 2.77 bits per heavy atom. The van der Waals surface area contributed by atoms with Crippen molar-refractivity contribution in [1.82, 2.24) is 0 Å². The van der Waals surface area contributed by atoms with Crippen LogP contribution in [0.4, 0.5) is 0 Å². The van der Waals surface area contributed by atoms with Crippen LogP contribution in [-0.2, 0) is 0 Å². The quantitative estimate of drug-likeness (QED) is 0.457. The summed E-state index contributed by atoms with van der Waals surface area (Å²) in [4.78, 5) is 0. The number of hydrogen-bond acceptors (Lipinski definition) is 2. The van der Waals surface area contributed by atoms with Crippen LogP contribution in [0.2, 0.25) is 0 Å². The first-order valence-electron chi connectivity index (χ1n) is 5.18. The molecule has 0 saturated heterocycles. The summed E-state index contributed by atoms with van der Waals surface area (Å²) in [6.07, 6.45) is 7.44. The lowest BCUT2D eigenvalue weighted by atomic mass is 10.1. The van der Waals surface area contributed by atoms with Gasteiger partial charge in [0.2, 0.25) is 0 Å². The summed E-state index contributed by atoms with van der Waals surface area (Å²) in [5.74, 6) is 2.30. The Bertz CT molecular complexity index is 115. The highest BCUT2D eigenvalue weighted by atomic mass is 32.2. The summed E-state index contributed by atoms with van der Waals surface area (Å²) in [5, 5.41) is 9.28. The molecule has 0 aliphatic heterocycles. The minimum absolute atomic E-state index is 0.0687. The van der Waals surface area contributed by atoms with Gasteiger partial charge in [-0.05, 0) is 25.0 Å². The van der Waals surface area contributed by atoms with Crippen LogP contribution >= 0.6 is 11.8 Å². The Kier molecular flexibility index (Phi) is 10.2. The molecule has 1 atom stereocenters. The van der Waals surface area contributed by atoms with Crippen molar-refractivity contribution in [3.05, 3.63) is 12.7 Å². The average molecular weight is 202 g/mol. The molecule has 1 nitrogen and oxygen atoms in total. The van der Waals surface area contributed by atoms with Gasteiger partial charge in [0.05, 0.1) is 6.10 Å². The lowest BCUT2D eigenvalue weighted by Gasteiger charge is -2.06. The summed E-state index contributed by atoms with van der Waals surface area (Å²) < 4.78 is 0. The smallest absolute Gasteiger partial charge is 0.0537 e. The van der Waals surface area contributed by atoms with Crippen molar-refractivity contribution in [1.29, 1.82) is 0 Å². The van der Waals surface area contributed by atoms with Crippen molar-refractivity contribution in [3.63, 3.8) is 0 Å². The predicted molar refractivity (Wildman–Crippen MR) is 62.3 cm³/mol. The second-order valence-electron chi connectivity index (χ2n) is 3.27. The van der Waals surface area contributed by atoms with Crippen LogP contribution in [0.15, 0.2) is 12.7 Å². The molecule has 0 aromatic carbocycles. The fraction of sp³-hybridized carbons (Fsp3) is 0.818. The maximum Gasteiger partial charge on any atom is 0.0537 e. The maximum atomic E-state index is 9.28. The Morgan fingerprint density at radius 2 is 2.15 bits per heavy atom. The molecule has 0 aromatic heterocycles. The largest absolute Gasteiger partial charge is 0.393 e. The van der Waals surface area contributed by atoms with Crippen LogP contribution in [-0.4, -0.2) is 22.7 Å². The molecule has 13 heavy (non-hydrogen) atoms. The lowest BCUT2D eigenvalue weighted by molar-refractivity contribution is 0.157. The van der Waals surface area contributed by atoms with Crippen LogP contribution in [0.5, 0.6) is 0 Å². The van der Waals surface area contributed by atoms with Gasteiger partial charge < -0.3 is 5.11 Å². The third-order valence-electron chi connectivity index (χ3n) is 2.03. The number of unbranched alkanes of at least 4 members (excludes halogenated alkanes) is 2. The van der Waals surface area contributed by atoms with Crippen LogP contribution < -0.4 is 0 Å². The van der Waals surface area contributed by atoms with Crippen LogP contribution in [0.1, 0.15) is 39.0 Å². The third-order valence-corrected chi connectivity index (χ3v) is 3.08. The number of aliphatic hydroxyl groups excluding tert-OH is 1. The molecular formula is C11H22OS. The first-order valence-corrected chi connectivity index (χ1v) is 6.33. The summed E-state index contributed by atoms with van der Waals surface area (Å²) in [6.45, 7) is 5.71. The van der Waals surface area contributed by atoms with Gasteiger partial charge in [-0.15, -0.1) is 6.58 Å². The third kappa shape index (κ3) is 9.97. The van der Waals surface area contributed by atoms with Crippen molar-refractivity contribution >= 4 is 11.8 Å². The Balaban J connectivity index is 2.95. The molecule has 1 unspecified atom stereocenters. The molecule has 0 fully saturated rings. The van der Waals surface area contributed by atoms with Crippen LogP contribution in [0.3, 0.4) is 0 Å². The van der Waals surface area contributed by atoms with E-state index in [1.54, 1.807) is 0 Å². The highest BCUT2D eigenvalue weighted by Gasteiger charge is 1.99. The second-order valence-corrected chi connectivity index (χ2v) is 4.42. The van der Waals surface area contributed by atoms with E-state index < -0.39 is 0 Å². The highest BCUT2D eigenvalue weighted by molar-refractivity contribution is 7.99. The van der Waals surface area contributed by atoms with Gasteiger partial charge in [-0.25, -0.2) is 0 Å². The van der Waals surface area contributed by atoms with Gasteiger partial charge in [0.15, 0.2) is 0 Å². The molecule has 0 aliphatic carbocycles. The average Bonchev–Trinajstić information content (AvgIpc) is 2.16. The minimum atomic E-state index is -0.0687. The van der Waals surface area contributed by atoms with Crippen molar-refractivity contribution < 1.29 is 5.11 Å². The minimum Gasteiger partial charge on any atom is -0.393 e. The van der Waals surface area contributed by atoms with Crippen molar-refractivity contribution in [2.75, 3.05) is 11.5 Å². The highest BCUT2D eigenvalue weighted by Crippen LogP contribution is 2.09. The molecule has 0 amide bonds. The van der Waals surface area contributed by atoms with Crippen LogP contribution in [0.25, 0.3) is 0 Å². The summed E-state index contributed by atoms with van der Waals surface area (Å²) in [6, 6.07) is 0. The molecule has 0 aromatic rings. The van der Waals surface area contributed by atoms with Crippen LogP contribution in [0, 0.1) is 0 Å². The molecule has 0 rings (SSSR count). The zero-order valence-electron chi connectivity index (χ0n) is 8.67. The van der Waals surface area contributed by atoms with E-state index in [-0.39, 0.29) is 6.10 Å². The Labute approximate surface area is 86.6 Å². The van der Waals surface area contributed by atoms with E-state index in [0.717, 1.165) is 18.6 Å². The van der Waals surface area contributed by atoms with Gasteiger partial charge in [-0.3, -0.25) is 0 Å². The van der Waals surface area contributed by atoms with Crippen molar-refractivity contribution in [2.24, 2.45) is 0 Å². The van der Waals surface area contributed by atoms with E-state index in [4.69, 9.17) is 0 Å². The zero-order valence-corrected chi connectivity index (χ0v) is 9.48. The fourth-order valence-electron chi connectivity index (χ4n) is 1.13. The molecule has 1 N–H and O–H groups in total. The van der Waals surface area contributed by atoms with E-state index in [2.05, 4.69) is 6.58 Å². The van der Waals surface area contributed by atoms with Gasteiger partial charge in [0, 0.05) is 5.75 Å². The standard InChI is InChI=1S/C11H22OS/c1-3-9-13-10-7-5-6-8-11(12)4-2/h3,11-12H,1,4-10H2,2H3. The molecular weight excluding hydrogens is 180 g/mol. The SMILES string of the molecule is C=CCSCCCCCC(O)CC. The molecule has 0 bridgehead atoms. The van der Waals surface area contributed by atoms with Gasteiger partial charge >= 0.3 is 0 Å². The van der Waals surface area contributed by atoms with Crippen molar-refractivity contribution in [2.45, 2.75) is 45.1 Å². The normalized spacial score (nSPS) is 12.8. The molecule has 0 radical (unpaired) electrons. The summed E-state index contributed by atoms with van der Waals surface area (Å²) in [7, 11) is 0. The first-order chi connectivity index (χ1) is 6.31. The predicted octanol–water partition coefficient (Wildman–Crippen LogP) is 3.24. The Hall–Kier alpha value is 0.0500.